The molecule has 1 amide bonds. The first-order chi connectivity index (χ1) is 10.8. The number of rotatable bonds is 3. The number of ether oxygens (including phenoxy) is 1. The Labute approximate surface area is 135 Å². The van der Waals surface area contributed by atoms with Gasteiger partial charge in [-0.05, 0) is 26.0 Å². The smallest absolute Gasteiger partial charge is 0.387 e. The summed E-state index contributed by atoms with van der Waals surface area (Å²) in [5.41, 5.74) is 0.477. The molecule has 3 heterocycles. The van der Waals surface area contributed by atoms with E-state index >= 15 is 0 Å². The number of hydrogen-bond donors (Lipinski definition) is 0. The highest BCUT2D eigenvalue weighted by atomic mass is 35.5. The quantitative estimate of drug-likeness (QED) is 0.801. The minimum Gasteiger partial charge on any atom is -0.433 e. The second-order valence-corrected chi connectivity index (χ2v) is 5.87. The van der Waals surface area contributed by atoms with E-state index in [9.17, 15) is 13.6 Å². The minimum absolute atomic E-state index is 0.122. The Morgan fingerprint density at radius 2 is 2.04 bits per heavy atom. The van der Waals surface area contributed by atoms with Gasteiger partial charge in [0.25, 0.3) is 5.91 Å². The Morgan fingerprint density at radius 3 is 2.74 bits per heavy atom. The van der Waals surface area contributed by atoms with E-state index in [4.69, 9.17) is 11.6 Å². The van der Waals surface area contributed by atoms with Crippen molar-refractivity contribution in [3.63, 3.8) is 0 Å². The van der Waals surface area contributed by atoms with Gasteiger partial charge in [-0.25, -0.2) is 4.98 Å². The molecular formula is C15H12ClF2N3O2. The fourth-order valence-electron chi connectivity index (χ4n) is 2.69. The van der Waals surface area contributed by atoms with Gasteiger partial charge in [0.2, 0.25) is 0 Å². The molecular weight excluding hydrogens is 328 g/mol. The number of anilines is 1. The summed E-state index contributed by atoms with van der Waals surface area (Å²) in [6.07, 6.45) is 2.57. The average Bonchev–Trinajstić information content (AvgIpc) is 2.65. The summed E-state index contributed by atoms with van der Waals surface area (Å²) in [7, 11) is 0. The first-order valence-electron chi connectivity index (χ1n) is 6.72. The minimum atomic E-state index is -2.97. The van der Waals surface area contributed by atoms with Gasteiger partial charge in [-0.15, -0.1) is 0 Å². The van der Waals surface area contributed by atoms with Gasteiger partial charge in [0.05, 0.1) is 34.9 Å². The predicted molar refractivity (Wildman–Crippen MR) is 80.0 cm³/mol. The second-order valence-electron chi connectivity index (χ2n) is 5.49. The number of hydrogen-bond acceptors (Lipinski definition) is 4. The van der Waals surface area contributed by atoms with Crippen LogP contribution in [0.4, 0.5) is 14.5 Å². The highest BCUT2D eigenvalue weighted by Gasteiger charge is 2.45. The van der Waals surface area contributed by atoms with Crippen molar-refractivity contribution in [2.24, 2.45) is 0 Å². The molecule has 0 unspecified atom stereocenters. The van der Waals surface area contributed by atoms with Gasteiger partial charge in [-0.3, -0.25) is 14.7 Å². The van der Waals surface area contributed by atoms with Crippen molar-refractivity contribution in [1.29, 1.82) is 0 Å². The molecule has 5 nitrogen and oxygen atoms in total. The van der Waals surface area contributed by atoms with Crippen molar-refractivity contribution in [3.8, 4) is 5.75 Å². The lowest BCUT2D eigenvalue weighted by Gasteiger charge is -2.31. The number of alkyl halides is 2. The molecule has 0 radical (unpaired) electrons. The van der Waals surface area contributed by atoms with Crippen LogP contribution < -0.4 is 9.64 Å². The highest BCUT2D eigenvalue weighted by Crippen LogP contribution is 2.41. The number of nitrogens with zero attached hydrogens (tertiary/aromatic N) is 3. The third-order valence-corrected chi connectivity index (χ3v) is 3.83. The Bertz CT molecular complexity index is 783. The Kier molecular flexibility index (Phi) is 3.68. The highest BCUT2D eigenvalue weighted by molar-refractivity contribution is 6.29. The number of amides is 1. The molecule has 0 bridgehead atoms. The molecule has 0 N–H and O–H groups in total. The van der Waals surface area contributed by atoms with E-state index < -0.39 is 12.2 Å². The molecule has 2 aromatic rings. The van der Waals surface area contributed by atoms with E-state index in [1.54, 1.807) is 19.9 Å². The molecule has 0 atom stereocenters. The number of carbonyl (C=O) groups excluding carboxylic acids is 1. The molecule has 0 aliphatic carbocycles. The summed E-state index contributed by atoms with van der Waals surface area (Å²) >= 11 is 5.92. The van der Waals surface area contributed by atoms with E-state index in [-0.39, 0.29) is 16.8 Å². The van der Waals surface area contributed by atoms with Crippen LogP contribution in [0.5, 0.6) is 5.75 Å². The van der Waals surface area contributed by atoms with E-state index in [0.29, 0.717) is 16.9 Å². The van der Waals surface area contributed by atoms with E-state index in [0.717, 1.165) is 6.20 Å². The summed E-state index contributed by atoms with van der Waals surface area (Å²) in [6.45, 7) is 0.619. The third-order valence-electron chi connectivity index (χ3n) is 3.62. The Morgan fingerprint density at radius 1 is 1.30 bits per heavy atom. The van der Waals surface area contributed by atoms with E-state index in [1.165, 1.54) is 23.2 Å². The zero-order valence-corrected chi connectivity index (χ0v) is 13.0. The van der Waals surface area contributed by atoms with Gasteiger partial charge < -0.3 is 4.74 Å². The van der Waals surface area contributed by atoms with Gasteiger partial charge in [0.15, 0.2) is 0 Å². The van der Waals surface area contributed by atoms with Crippen LogP contribution in [0.3, 0.4) is 0 Å². The van der Waals surface area contributed by atoms with E-state index in [2.05, 4.69) is 14.7 Å². The molecule has 120 valence electrons. The standard InChI is InChI=1S/C15H12ClF2N3O2/c1-15(2)12-10(3-4-11(16)20-12)13(22)21(15)8-5-9(7-19-6-8)23-14(17)18/h3-7,14H,1-2H3. The number of carbonyl (C=O) groups is 1. The molecule has 0 saturated carbocycles. The van der Waals surface area contributed by atoms with Crippen molar-refractivity contribution in [2.75, 3.05) is 4.90 Å². The molecule has 8 heteroatoms. The van der Waals surface area contributed by atoms with Crippen molar-refractivity contribution in [1.82, 2.24) is 9.97 Å². The van der Waals surface area contributed by atoms with Gasteiger partial charge in [0.1, 0.15) is 10.9 Å². The fourth-order valence-corrected chi connectivity index (χ4v) is 2.84. The molecule has 2 aromatic heterocycles. The lowest BCUT2D eigenvalue weighted by molar-refractivity contribution is -0.0500. The molecule has 0 saturated heterocycles. The van der Waals surface area contributed by atoms with Crippen LogP contribution in [0.15, 0.2) is 30.6 Å². The topological polar surface area (TPSA) is 55.3 Å². The molecule has 0 fully saturated rings. The summed E-state index contributed by atoms with van der Waals surface area (Å²) in [6, 6.07) is 4.47. The van der Waals surface area contributed by atoms with Crippen LogP contribution in [0.25, 0.3) is 0 Å². The van der Waals surface area contributed by atoms with Crippen molar-refractivity contribution in [2.45, 2.75) is 26.0 Å². The number of aromatic nitrogens is 2. The molecule has 23 heavy (non-hydrogen) atoms. The molecule has 1 aliphatic heterocycles. The lowest BCUT2D eigenvalue weighted by Crippen LogP contribution is -2.39. The summed E-state index contributed by atoms with van der Waals surface area (Å²) in [4.78, 5) is 22.2. The molecule has 3 rings (SSSR count). The molecule has 1 aliphatic rings. The Balaban J connectivity index is 2.06. The summed E-state index contributed by atoms with van der Waals surface area (Å²) < 4.78 is 29.1. The molecule has 0 spiro atoms. The first kappa shape index (κ1) is 15.6. The normalized spacial score (nSPS) is 15.9. The van der Waals surface area contributed by atoms with Crippen LogP contribution in [0.2, 0.25) is 5.15 Å². The van der Waals surface area contributed by atoms with Crippen LogP contribution in [0, 0.1) is 0 Å². The predicted octanol–water partition coefficient (Wildman–Crippen LogP) is 3.63. The van der Waals surface area contributed by atoms with Crippen molar-refractivity contribution in [3.05, 3.63) is 47.0 Å². The van der Waals surface area contributed by atoms with Gasteiger partial charge in [0, 0.05) is 6.07 Å². The summed E-state index contributed by atoms with van der Waals surface area (Å²) in [5.74, 6) is -0.423. The van der Waals surface area contributed by atoms with E-state index in [1.807, 2.05) is 0 Å². The Hall–Kier alpha value is -2.28. The van der Waals surface area contributed by atoms with Gasteiger partial charge in [-0.1, -0.05) is 11.6 Å². The van der Waals surface area contributed by atoms with Gasteiger partial charge >= 0.3 is 6.61 Å². The molecule has 0 aromatic carbocycles. The van der Waals surface area contributed by atoms with Gasteiger partial charge in [-0.2, -0.15) is 8.78 Å². The van der Waals surface area contributed by atoms with Crippen LogP contribution in [-0.2, 0) is 5.54 Å². The SMILES string of the molecule is CC1(C)c2nc(Cl)ccc2C(=O)N1c1cncc(OC(F)F)c1. The fraction of sp³-hybridized carbons (Fsp3) is 0.267. The second kappa shape index (κ2) is 5.42. The maximum Gasteiger partial charge on any atom is 0.387 e. The third kappa shape index (κ3) is 2.61. The zero-order valence-electron chi connectivity index (χ0n) is 12.3. The van der Waals surface area contributed by atoms with Crippen molar-refractivity contribution < 1.29 is 18.3 Å². The van der Waals surface area contributed by atoms with Crippen LogP contribution in [0.1, 0.15) is 29.9 Å². The average molecular weight is 340 g/mol. The summed E-state index contributed by atoms with van der Waals surface area (Å²) in [5, 5.41) is 0.277. The lowest BCUT2D eigenvalue weighted by atomic mass is 9.99. The number of fused-ring (bicyclic) bond motifs is 1. The first-order valence-corrected chi connectivity index (χ1v) is 7.10. The number of pyridine rings is 2. The zero-order chi connectivity index (χ0) is 16.8. The maximum atomic E-state index is 12.7. The van der Waals surface area contributed by atoms with Crippen molar-refractivity contribution >= 4 is 23.2 Å². The maximum absolute atomic E-state index is 12.7. The number of halogens is 3. The van der Waals surface area contributed by atoms with Crippen LogP contribution in [-0.4, -0.2) is 22.5 Å². The monoisotopic (exact) mass is 339 g/mol. The largest absolute Gasteiger partial charge is 0.433 e. The van der Waals surface area contributed by atoms with Crippen LogP contribution >= 0.6 is 11.6 Å².